The number of nitrogens with zero attached hydrogens (tertiary/aromatic N) is 3. The van der Waals surface area contributed by atoms with Crippen LogP contribution >= 0.6 is 23.1 Å². The number of hydrogen-bond acceptors (Lipinski definition) is 5. The van der Waals surface area contributed by atoms with Crippen molar-refractivity contribution >= 4 is 29.0 Å². The third kappa shape index (κ3) is 3.86. The number of rotatable bonds is 6. The Morgan fingerprint density at radius 1 is 1.32 bits per heavy atom. The lowest BCUT2D eigenvalue weighted by molar-refractivity contribution is -0.121. The zero-order chi connectivity index (χ0) is 19.5. The zero-order valence-corrected chi connectivity index (χ0v) is 17.7. The molecule has 146 valence electrons. The third-order valence-corrected chi connectivity index (χ3v) is 7.06. The number of carbonyl (C=O) groups is 1. The van der Waals surface area contributed by atoms with Gasteiger partial charge in [-0.15, -0.1) is 21.5 Å². The molecule has 3 aromatic rings. The van der Waals surface area contributed by atoms with E-state index in [0.29, 0.717) is 0 Å². The van der Waals surface area contributed by atoms with Crippen LogP contribution < -0.4 is 5.32 Å². The number of thioether (sulfide) groups is 1. The molecule has 28 heavy (non-hydrogen) atoms. The summed E-state index contributed by atoms with van der Waals surface area (Å²) in [5.74, 6) is 0.920. The highest BCUT2D eigenvalue weighted by Gasteiger charge is 2.25. The maximum Gasteiger partial charge on any atom is 0.233 e. The van der Waals surface area contributed by atoms with E-state index in [-0.39, 0.29) is 17.2 Å². The summed E-state index contributed by atoms with van der Waals surface area (Å²) >= 11 is 3.12. The van der Waals surface area contributed by atoms with Crippen LogP contribution in [0.15, 0.2) is 46.9 Å². The van der Waals surface area contributed by atoms with Gasteiger partial charge in [-0.05, 0) is 55.7 Å². The first-order valence-electron chi connectivity index (χ1n) is 9.69. The predicted octanol–water partition coefficient (Wildman–Crippen LogP) is 4.70. The minimum Gasteiger partial charge on any atom is -0.348 e. The van der Waals surface area contributed by atoms with Crippen LogP contribution in [0.3, 0.4) is 0 Å². The molecule has 7 heteroatoms. The van der Waals surface area contributed by atoms with Crippen LogP contribution in [0, 0.1) is 0 Å². The van der Waals surface area contributed by atoms with Crippen molar-refractivity contribution in [2.75, 3.05) is 0 Å². The zero-order valence-electron chi connectivity index (χ0n) is 16.1. The minimum atomic E-state index is -0.236. The molecule has 0 saturated heterocycles. The van der Waals surface area contributed by atoms with Gasteiger partial charge in [0, 0.05) is 6.54 Å². The van der Waals surface area contributed by atoms with E-state index in [1.807, 2.05) is 24.4 Å². The second-order valence-corrected chi connectivity index (χ2v) is 9.20. The molecule has 1 aliphatic rings. The van der Waals surface area contributed by atoms with Crippen LogP contribution in [0.25, 0.3) is 10.7 Å². The van der Waals surface area contributed by atoms with E-state index in [1.165, 1.54) is 22.9 Å². The molecule has 0 bridgehead atoms. The monoisotopic (exact) mass is 412 g/mol. The van der Waals surface area contributed by atoms with Crippen molar-refractivity contribution in [2.45, 2.75) is 56.1 Å². The van der Waals surface area contributed by atoms with E-state index < -0.39 is 0 Å². The maximum absolute atomic E-state index is 12.9. The van der Waals surface area contributed by atoms with E-state index in [2.05, 4.69) is 51.3 Å². The number of aromatic nitrogens is 3. The molecule has 1 amide bonds. The Morgan fingerprint density at radius 2 is 2.18 bits per heavy atom. The van der Waals surface area contributed by atoms with E-state index >= 15 is 0 Å². The molecule has 1 aromatic carbocycles. The lowest BCUT2D eigenvalue weighted by Crippen LogP contribution is -2.36. The highest BCUT2D eigenvalue weighted by atomic mass is 32.2. The van der Waals surface area contributed by atoms with Gasteiger partial charge in [0.15, 0.2) is 11.0 Å². The third-order valence-electron chi connectivity index (χ3n) is 5.11. The summed E-state index contributed by atoms with van der Waals surface area (Å²) in [7, 11) is 0. The molecule has 1 aliphatic carbocycles. The van der Waals surface area contributed by atoms with Gasteiger partial charge in [-0.2, -0.15) is 0 Å². The highest BCUT2D eigenvalue weighted by molar-refractivity contribution is 8.00. The number of nitrogens with one attached hydrogen (secondary N) is 1. The SMILES string of the molecule is CCn1c(S[C@@H](C)C(=O)N[C@@H]2CCCc3ccccc32)nnc1-c1cccs1. The summed E-state index contributed by atoms with van der Waals surface area (Å²) in [4.78, 5) is 14.0. The topological polar surface area (TPSA) is 59.8 Å². The largest absolute Gasteiger partial charge is 0.348 e. The normalized spacial score (nSPS) is 17.1. The number of hydrogen-bond donors (Lipinski definition) is 1. The fourth-order valence-electron chi connectivity index (χ4n) is 3.65. The van der Waals surface area contributed by atoms with Gasteiger partial charge < -0.3 is 9.88 Å². The summed E-state index contributed by atoms with van der Waals surface area (Å²) in [6.45, 7) is 4.79. The smallest absolute Gasteiger partial charge is 0.233 e. The summed E-state index contributed by atoms with van der Waals surface area (Å²) in [6, 6.07) is 12.6. The van der Waals surface area contributed by atoms with E-state index in [4.69, 9.17) is 0 Å². The average Bonchev–Trinajstić information content (AvgIpc) is 3.37. The van der Waals surface area contributed by atoms with Gasteiger partial charge in [-0.1, -0.05) is 42.1 Å². The lowest BCUT2D eigenvalue weighted by Gasteiger charge is -2.27. The first-order valence-corrected chi connectivity index (χ1v) is 11.4. The Morgan fingerprint density at radius 3 is 2.96 bits per heavy atom. The Bertz CT molecular complexity index is 951. The van der Waals surface area contributed by atoms with Gasteiger partial charge in [-0.3, -0.25) is 4.79 Å². The Kier molecular flexibility index (Phi) is 5.82. The molecule has 0 saturated carbocycles. The molecule has 0 fully saturated rings. The van der Waals surface area contributed by atoms with Crippen LogP contribution in [0.1, 0.15) is 43.9 Å². The van der Waals surface area contributed by atoms with Crippen LogP contribution in [0.5, 0.6) is 0 Å². The molecular weight excluding hydrogens is 388 g/mol. The van der Waals surface area contributed by atoms with Crippen molar-refractivity contribution in [2.24, 2.45) is 0 Å². The Balaban J connectivity index is 1.46. The molecule has 5 nitrogen and oxygen atoms in total. The molecular formula is C21H24N4OS2. The molecule has 2 heterocycles. The number of carbonyl (C=O) groups excluding carboxylic acids is 1. The second-order valence-electron chi connectivity index (χ2n) is 6.94. The van der Waals surface area contributed by atoms with Crippen molar-refractivity contribution in [3.05, 3.63) is 52.9 Å². The van der Waals surface area contributed by atoms with Crippen molar-refractivity contribution in [3.63, 3.8) is 0 Å². The predicted molar refractivity (Wildman–Crippen MR) is 115 cm³/mol. The van der Waals surface area contributed by atoms with Gasteiger partial charge in [0.25, 0.3) is 0 Å². The van der Waals surface area contributed by atoms with E-state index in [1.54, 1.807) is 11.3 Å². The van der Waals surface area contributed by atoms with E-state index in [0.717, 1.165) is 41.7 Å². The molecule has 0 spiro atoms. The van der Waals surface area contributed by atoms with Gasteiger partial charge in [-0.25, -0.2) is 0 Å². The first kappa shape index (κ1) is 19.2. The number of thiophene rings is 1. The van der Waals surface area contributed by atoms with Crippen molar-refractivity contribution in [1.82, 2.24) is 20.1 Å². The van der Waals surface area contributed by atoms with Gasteiger partial charge in [0.2, 0.25) is 5.91 Å². The van der Waals surface area contributed by atoms with Crippen LogP contribution in [0.4, 0.5) is 0 Å². The van der Waals surface area contributed by atoms with Crippen LogP contribution in [-0.4, -0.2) is 25.9 Å². The van der Waals surface area contributed by atoms with Crippen molar-refractivity contribution in [3.8, 4) is 10.7 Å². The average molecular weight is 413 g/mol. The molecule has 0 radical (unpaired) electrons. The van der Waals surface area contributed by atoms with Crippen molar-refractivity contribution in [1.29, 1.82) is 0 Å². The number of fused-ring (bicyclic) bond motifs is 1. The number of amides is 1. The quantitative estimate of drug-likeness (QED) is 0.596. The molecule has 2 atom stereocenters. The summed E-state index contributed by atoms with van der Waals surface area (Å²) in [6.07, 6.45) is 3.20. The summed E-state index contributed by atoms with van der Waals surface area (Å²) in [5.41, 5.74) is 2.61. The number of benzene rings is 1. The standard InChI is InChI=1S/C21H24N4OS2/c1-3-25-19(18-12-7-13-27-18)23-24-21(25)28-14(2)20(26)22-17-11-6-9-15-8-4-5-10-16(15)17/h4-5,7-8,10,12-14,17H,3,6,9,11H2,1-2H3,(H,22,26)/t14-,17+/m0/s1. The fourth-order valence-corrected chi connectivity index (χ4v) is 5.29. The second kappa shape index (κ2) is 8.49. The molecule has 1 N–H and O–H groups in total. The van der Waals surface area contributed by atoms with Gasteiger partial charge >= 0.3 is 0 Å². The van der Waals surface area contributed by atoms with Crippen LogP contribution in [-0.2, 0) is 17.8 Å². The van der Waals surface area contributed by atoms with Gasteiger partial charge in [0.05, 0.1) is 16.2 Å². The summed E-state index contributed by atoms with van der Waals surface area (Å²) < 4.78 is 2.08. The number of aryl methyl sites for hydroxylation is 1. The van der Waals surface area contributed by atoms with Crippen LogP contribution in [0.2, 0.25) is 0 Å². The maximum atomic E-state index is 12.9. The molecule has 2 aromatic heterocycles. The fraction of sp³-hybridized carbons (Fsp3) is 0.381. The Labute approximate surface area is 173 Å². The van der Waals surface area contributed by atoms with Crippen molar-refractivity contribution < 1.29 is 4.79 Å². The lowest BCUT2D eigenvalue weighted by atomic mass is 9.88. The molecule has 0 aliphatic heterocycles. The summed E-state index contributed by atoms with van der Waals surface area (Å²) in [5, 5.41) is 14.6. The minimum absolute atomic E-state index is 0.0510. The Hall–Kier alpha value is -2.12. The van der Waals surface area contributed by atoms with Gasteiger partial charge in [0.1, 0.15) is 0 Å². The van der Waals surface area contributed by atoms with E-state index in [9.17, 15) is 4.79 Å². The molecule has 0 unspecified atom stereocenters. The first-order chi connectivity index (χ1) is 13.7. The molecule has 4 rings (SSSR count). The highest BCUT2D eigenvalue weighted by Crippen LogP contribution is 2.32.